The van der Waals surface area contributed by atoms with Crippen molar-refractivity contribution in [2.45, 2.75) is 33.7 Å². The minimum absolute atomic E-state index is 0.275. The zero-order valence-corrected chi connectivity index (χ0v) is 12.1. The lowest BCUT2D eigenvalue weighted by atomic mass is 10.0. The van der Waals surface area contributed by atoms with Gasteiger partial charge in [-0.15, -0.1) is 0 Å². The van der Waals surface area contributed by atoms with Crippen LogP contribution in [0.5, 0.6) is 0 Å². The number of carbonyl (C=O) groups excluding carboxylic acids is 1. The number of nitrogens with zero attached hydrogens (tertiary/aromatic N) is 2. The molecule has 0 bridgehead atoms. The van der Waals surface area contributed by atoms with E-state index in [1.165, 1.54) is 11.3 Å². The van der Waals surface area contributed by atoms with Gasteiger partial charge in [-0.2, -0.15) is 5.10 Å². The number of benzene rings is 1. The molecular weight excluding hydrogens is 252 g/mol. The first-order valence-electron chi connectivity index (χ1n) is 6.69. The van der Waals surface area contributed by atoms with Gasteiger partial charge in [0, 0.05) is 29.8 Å². The lowest BCUT2D eigenvalue weighted by molar-refractivity contribution is 0.0953. The Hall–Kier alpha value is -2.14. The highest BCUT2D eigenvalue weighted by molar-refractivity contribution is 5.93. The third-order valence-corrected chi connectivity index (χ3v) is 3.56. The summed E-state index contributed by atoms with van der Waals surface area (Å²) in [6.45, 7) is 7.09. The summed E-state index contributed by atoms with van der Waals surface area (Å²) in [5.41, 5.74) is 7.36. The summed E-state index contributed by atoms with van der Waals surface area (Å²) in [6.07, 6.45) is 0.822. The average molecular weight is 272 g/mol. The lowest BCUT2D eigenvalue weighted by Gasteiger charge is -2.05. The second-order valence-electron chi connectivity index (χ2n) is 4.81. The summed E-state index contributed by atoms with van der Waals surface area (Å²) in [7, 11) is 0. The quantitative estimate of drug-likeness (QED) is 0.505. The number of nitrogens with two attached hydrogens (primary N) is 1. The highest BCUT2D eigenvalue weighted by Crippen LogP contribution is 2.18. The first-order valence-corrected chi connectivity index (χ1v) is 6.69. The Labute approximate surface area is 118 Å². The van der Waals surface area contributed by atoms with Crippen molar-refractivity contribution in [3.8, 4) is 0 Å². The Morgan fingerprint density at radius 2 is 1.95 bits per heavy atom. The maximum Gasteiger partial charge on any atom is 0.265 e. The molecule has 1 amide bonds. The van der Waals surface area contributed by atoms with Crippen molar-refractivity contribution in [1.82, 2.24) is 15.2 Å². The van der Waals surface area contributed by atoms with Gasteiger partial charge >= 0.3 is 0 Å². The molecule has 0 aliphatic carbocycles. The van der Waals surface area contributed by atoms with E-state index in [1.807, 2.05) is 23.7 Å². The van der Waals surface area contributed by atoms with E-state index in [4.69, 9.17) is 5.84 Å². The number of hydrazine groups is 1. The van der Waals surface area contributed by atoms with Crippen LogP contribution in [0.15, 0.2) is 24.3 Å². The van der Waals surface area contributed by atoms with E-state index in [1.54, 1.807) is 12.1 Å². The molecule has 0 unspecified atom stereocenters. The summed E-state index contributed by atoms with van der Waals surface area (Å²) < 4.78 is 2.01. The minimum Gasteiger partial charge on any atom is -0.290 e. The number of nitrogen functional groups attached to an aromatic ring is 1. The normalized spacial score (nSPS) is 10.6. The van der Waals surface area contributed by atoms with Gasteiger partial charge in [-0.3, -0.25) is 14.9 Å². The molecule has 1 aromatic heterocycles. The van der Waals surface area contributed by atoms with E-state index in [-0.39, 0.29) is 5.91 Å². The summed E-state index contributed by atoms with van der Waals surface area (Å²) in [5, 5.41) is 4.52. The first kappa shape index (κ1) is 14.3. The number of hydrogen-bond donors (Lipinski definition) is 2. The molecule has 20 heavy (non-hydrogen) atoms. The van der Waals surface area contributed by atoms with Crippen LogP contribution in [0.1, 0.15) is 39.8 Å². The van der Waals surface area contributed by atoms with Crippen molar-refractivity contribution in [2.75, 3.05) is 0 Å². The maximum atomic E-state index is 11.4. The van der Waals surface area contributed by atoms with Gasteiger partial charge in [0.25, 0.3) is 5.91 Å². The Balaban J connectivity index is 2.22. The van der Waals surface area contributed by atoms with E-state index in [2.05, 4.69) is 24.4 Å². The van der Waals surface area contributed by atoms with Gasteiger partial charge < -0.3 is 0 Å². The molecule has 2 aromatic rings. The predicted molar refractivity (Wildman–Crippen MR) is 78.3 cm³/mol. The largest absolute Gasteiger partial charge is 0.290 e. The van der Waals surface area contributed by atoms with Gasteiger partial charge in [0.15, 0.2) is 0 Å². The molecule has 0 radical (unpaired) electrons. The fourth-order valence-electron chi connectivity index (χ4n) is 2.36. The SMILES string of the molecule is CCn1nc(C)c(Cc2ccc(C(=O)NN)cc2)c1C. The molecule has 106 valence electrons. The lowest BCUT2D eigenvalue weighted by Crippen LogP contribution is -2.29. The van der Waals surface area contributed by atoms with E-state index >= 15 is 0 Å². The number of aromatic nitrogens is 2. The van der Waals surface area contributed by atoms with Crippen LogP contribution in [0, 0.1) is 13.8 Å². The molecule has 1 aromatic carbocycles. The molecule has 0 fully saturated rings. The predicted octanol–water partition coefficient (Wildman–Crippen LogP) is 1.71. The highest BCUT2D eigenvalue weighted by atomic mass is 16.2. The number of carbonyl (C=O) groups is 1. The smallest absolute Gasteiger partial charge is 0.265 e. The monoisotopic (exact) mass is 272 g/mol. The van der Waals surface area contributed by atoms with Crippen LogP contribution in [-0.2, 0) is 13.0 Å². The maximum absolute atomic E-state index is 11.4. The zero-order valence-electron chi connectivity index (χ0n) is 12.1. The number of aryl methyl sites for hydroxylation is 2. The van der Waals surface area contributed by atoms with Crippen molar-refractivity contribution < 1.29 is 4.79 Å². The second kappa shape index (κ2) is 5.88. The standard InChI is InChI=1S/C15H20N4O/c1-4-19-11(3)14(10(2)18-19)9-12-5-7-13(8-6-12)15(20)17-16/h5-8H,4,9,16H2,1-3H3,(H,17,20). The van der Waals surface area contributed by atoms with Crippen LogP contribution >= 0.6 is 0 Å². The third-order valence-electron chi connectivity index (χ3n) is 3.56. The van der Waals surface area contributed by atoms with Crippen molar-refractivity contribution in [1.29, 1.82) is 0 Å². The highest BCUT2D eigenvalue weighted by Gasteiger charge is 2.11. The molecule has 5 nitrogen and oxygen atoms in total. The topological polar surface area (TPSA) is 72.9 Å². The van der Waals surface area contributed by atoms with Crippen molar-refractivity contribution in [3.63, 3.8) is 0 Å². The van der Waals surface area contributed by atoms with Gasteiger partial charge in [0.05, 0.1) is 5.69 Å². The van der Waals surface area contributed by atoms with Crippen LogP contribution in [0.3, 0.4) is 0 Å². The van der Waals surface area contributed by atoms with Gasteiger partial charge in [-0.25, -0.2) is 5.84 Å². The van der Waals surface area contributed by atoms with Crippen molar-refractivity contribution >= 4 is 5.91 Å². The summed E-state index contributed by atoms with van der Waals surface area (Å²) in [5.74, 6) is 4.84. The van der Waals surface area contributed by atoms with E-state index < -0.39 is 0 Å². The average Bonchev–Trinajstić information content (AvgIpc) is 2.74. The van der Waals surface area contributed by atoms with E-state index in [9.17, 15) is 4.79 Å². The fraction of sp³-hybridized carbons (Fsp3) is 0.333. The zero-order chi connectivity index (χ0) is 14.7. The number of nitrogens with one attached hydrogen (secondary N) is 1. The molecule has 1 heterocycles. The van der Waals surface area contributed by atoms with Crippen molar-refractivity contribution in [2.24, 2.45) is 5.84 Å². The molecule has 0 spiro atoms. The molecular formula is C15H20N4O. The molecule has 0 saturated carbocycles. The fourth-order valence-corrected chi connectivity index (χ4v) is 2.36. The van der Waals surface area contributed by atoms with Crippen LogP contribution in [0.25, 0.3) is 0 Å². The number of rotatable bonds is 4. The van der Waals surface area contributed by atoms with Crippen LogP contribution < -0.4 is 11.3 Å². The van der Waals surface area contributed by atoms with Gasteiger partial charge in [0.1, 0.15) is 0 Å². The summed E-state index contributed by atoms with van der Waals surface area (Å²) >= 11 is 0. The number of amides is 1. The van der Waals surface area contributed by atoms with Gasteiger partial charge in [-0.1, -0.05) is 12.1 Å². The Morgan fingerprint density at radius 1 is 1.30 bits per heavy atom. The molecule has 5 heteroatoms. The summed E-state index contributed by atoms with van der Waals surface area (Å²) in [6, 6.07) is 7.47. The molecule has 2 rings (SSSR count). The molecule has 0 atom stereocenters. The summed E-state index contributed by atoms with van der Waals surface area (Å²) in [4.78, 5) is 11.4. The molecule has 3 N–H and O–H groups in total. The molecule has 0 saturated heterocycles. The number of hydrogen-bond acceptors (Lipinski definition) is 3. The van der Waals surface area contributed by atoms with E-state index in [0.717, 1.165) is 24.2 Å². The van der Waals surface area contributed by atoms with Gasteiger partial charge in [-0.05, 0) is 38.5 Å². The second-order valence-corrected chi connectivity index (χ2v) is 4.81. The minimum atomic E-state index is -0.275. The Bertz CT molecular complexity index is 614. The van der Waals surface area contributed by atoms with Crippen LogP contribution in [0.4, 0.5) is 0 Å². The Morgan fingerprint density at radius 3 is 2.45 bits per heavy atom. The van der Waals surface area contributed by atoms with Crippen LogP contribution in [-0.4, -0.2) is 15.7 Å². The Kier molecular flexibility index (Phi) is 4.20. The molecule has 0 aliphatic rings. The van der Waals surface area contributed by atoms with Crippen molar-refractivity contribution in [3.05, 3.63) is 52.3 Å². The van der Waals surface area contributed by atoms with E-state index in [0.29, 0.717) is 5.56 Å². The van der Waals surface area contributed by atoms with Crippen LogP contribution in [0.2, 0.25) is 0 Å². The first-order chi connectivity index (χ1) is 9.56. The molecule has 0 aliphatic heterocycles. The third kappa shape index (κ3) is 2.72. The van der Waals surface area contributed by atoms with Gasteiger partial charge in [0.2, 0.25) is 0 Å².